The van der Waals surface area contributed by atoms with Gasteiger partial charge in [0.05, 0.1) is 0 Å². The van der Waals surface area contributed by atoms with Crippen LogP contribution in [0.4, 0.5) is 0 Å². The Balaban J connectivity index is 1.73. The molecule has 0 radical (unpaired) electrons. The molecule has 17 heavy (non-hydrogen) atoms. The van der Waals surface area contributed by atoms with E-state index >= 15 is 0 Å². The van der Waals surface area contributed by atoms with Crippen molar-refractivity contribution in [3.8, 4) is 0 Å². The van der Waals surface area contributed by atoms with E-state index in [0.717, 1.165) is 38.4 Å². The van der Waals surface area contributed by atoms with Gasteiger partial charge in [0.25, 0.3) is 0 Å². The highest BCUT2D eigenvalue weighted by Gasteiger charge is 2.27. The lowest BCUT2D eigenvalue weighted by Gasteiger charge is -2.21. The molecule has 1 aliphatic rings. The first-order valence-electron chi connectivity index (χ1n) is 6.64. The summed E-state index contributed by atoms with van der Waals surface area (Å²) in [5.74, 6) is 0. The fraction of sp³-hybridized carbons (Fsp3) is 0.643. The van der Waals surface area contributed by atoms with Crippen molar-refractivity contribution in [3.05, 3.63) is 30.1 Å². The van der Waals surface area contributed by atoms with Gasteiger partial charge < -0.3 is 10.0 Å². The van der Waals surface area contributed by atoms with E-state index in [2.05, 4.69) is 22.0 Å². The molecule has 1 aromatic heterocycles. The quantitative estimate of drug-likeness (QED) is 0.698. The SMILES string of the molecule is OCCCCN(CCc1ccncc1)C1CC1. The van der Waals surface area contributed by atoms with Crippen LogP contribution in [0.25, 0.3) is 0 Å². The summed E-state index contributed by atoms with van der Waals surface area (Å²) in [6.45, 7) is 2.60. The normalized spacial score (nSPS) is 15.4. The third-order valence-corrected chi connectivity index (χ3v) is 3.35. The maximum Gasteiger partial charge on any atom is 0.0431 e. The van der Waals surface area contributed by atoms with Gasteiger partial charge in [0.1, 0.15) is 0 Å². The summed E-state index contributed by atoms with van der Waals surface area (Å²) >= 11 is 0. The fourth-order valence-electron chi connectivity index (χ4n) is 2.17. The summed E-state index contributed by atoms with van der Waals surface area (Å²) in [6.07, 6.45) is 9.59. The van der Waals surface area contributed by atoms with E-state index in [1.54, 1.807) is 0 Å². The molecule has 0 unspecified atom stereocenters. The Bertz CT molecular complexity index is 311. The monoisotopic (exact) mass is 234 g/mol. The molecule has 94 valence electrons. The third kappa shape index (κ3) is 4.44. The molecule has 0 aliphatic heterocycles. The Labute approximate surface area is 103 Å². The molecule has 0 amide bonds. The second-order valence-corrected chi connectivity index (χ2v) is 4.80. The van der Waals surface area contributed by atoms with Crippen molar-refractivity contribution in [2.24, 2.45) is 0 Å². The largest absolute Gasteiger partial charge is 0.396 e. The van der Waals surface area contributed by atoms with Crippen LogP contribution < -0.4 is 0 Å². The highest BCUT2D eigenvalue weighted by molar-refractivity contribution is 5.10. The minimum atomic E-state index is 0.322. The topological polar surface area (TPSA) is 36.4 Å². The van der Waals surface area contributed by atoms with Crippen LogP contribution in [0.2, 0.25) is 0 Å². The fourth-order valence-corrected chi connectivity index (χ4v) is 2.17. The summed E-state index contributed by atoms with van der Waals surface area (Å²) in [7, 11) is 0. The Kier molecular flexibility index (Phi) is 4.95. The molecule has 0 atom stereocenters. The van der Waals surface area contributed by atoms with Crippen LogP contribution in [0.5, 0.6) is 0 Å². The number of unbranched alkanes of at least 4 members (excludes halogenated alkanes) is 1. The molecule has 3 nitrogen and oxygen atoms in total. The van der Waals surface area contributed by atoms with Gasteiger partial charge in [-0.25, -0.2) is 0 Å². The molecule has 1 aliphatic carbocycles. The first-order chi connectivity index (χ1) is 8.40. The van der Waals surface area contributed by atoms with Gasteiger partial charge in [-0.15, -0.1) is 0 Å². The number of aliphatic hydroxyl groups is 1. The van der Waals surface area contributed by atoms with Crippen LogP contribution in [0.15, 0.2) is 24.5 Å². The molecule has 0 bridgehead atoms. The summed E-state index contributed by atoms with van der Waals surface area (Å²) < 4.78 is 0. The predicted molar refractivity (Wildman–Crippen MR) is 68.9 cm³/mol. The number of hydrogen-bond acceptors (Lipinski definition) is 3. The van der Waals surface area contributed by atoms with Crippen molar-refractivity contribution < 1.29 is 5.11 Å². The Hall–Kier alpha value is -0.930. The van der Waals surface area contributed by atoms with E-state index in [1.165, 1.54) is 18.4 Å². The second-order valence-electron chi connectivity index (χ2n) is 4.80. The zero-order valence-electron chi connectivity index (χ0n) is 10.4. The van der Waals surface area contributed by atoms with Gasteiger partial charge in [0.15, 0.2) is 0 Å². The van der Waals surface area contributed by atoms with Crippen molar-refractivity contribution >= 4 is 0 Å². The number of nitrogens with zero attached hydrogens (tertiary/aromatic N) is 2. The zero-order valence-corrected chi connectivity index (χ0v) is 10.4. The number of hydrogen-bond donors (Lipinski definition) is 1. The average Bonchev–Trinajstić information content (AvgIpc) is 3.19. The van der Waals surface area contributed by atoms with Crippen LogP contribution in [-0.2, 0) is 6.42 Å². The molecule has 1 aromatic rings. The van der Waals surface area contributed by atoms with Gasteiger partial charge in [-0.1, -0.05) is 0 Å². The highest BCUT2D eigenvalue weighted by atomic mass is 16.2. The van der Waals surface area contributed by atoms with Crippen molar-refractivity contribution in [3.63, 3.8) is 0 Å². The summed E-state index contributed by atoms with van der Waals surface area (Å²) in [5.41, 5.74) is 1.37. The van der Waals surface area contributed by atoms with Gasteiger partial charge in [-0.05, 0) is 56.3 Å². The van der Waals surface area contributed by atoms with Crippen molar-refractivity contribution in [1.29, 1.82) is 0 Å². The number of rotatable bonds is 8. The number of aromatic nitrogens is 1. The summed E-state index contributed by atoms with van der Waals surface area (Å²) in [5, 5.41) is 8.82. The zero-order chi connectivity index (χ0) is 11.9. The average molecular weight is 234 g/mol. The van der Waals surface area contributed by atoms with Gasteiger partial charge in [0.2, 0.25) is 0 Å². The van der Waals surface area contributed by atoms with Crippen LogP contribution in [-0.4, -0.2) is 40.7 Å². The van der Waals surface area contributed by atoms with Crippen molar-refractivity contribution in [2.75, 3.05) is 19.7 Å². The number of pyridine rings is 1. The van der Waals surface area contributed by atoms with E-state index in [-0.39, 0.29) is 0 Å². The molecular formula is C14H22N2O. The lowest BCUT2D eigenvalue weighted by atomic mass is 10.2. The van der Waals surface area contributed by atoms with Crippen molar-refractivity contribution in [1.82, 2.24) is 9.88 Å². The van der Waals surface area contributed by atoms with Crippen LogP contribution in [0, 0.1) is 0 Å². The maximum atomic E-state index is 8.82. The first kappa shape index (κ1) is 12.5. The molecule has 0 saturated heterocycles. The van der Waals surface area contributed by atoms with E-state index in [4.69, 9.17) is 5.11 Å². The number of aliphatic hydroxyl groups excluding tert-OH is 1. The third-order valence-electron chi connectivity index (χ3n) is 3.35. The van der Waals surface area contributed by atoms with Gasteiger partial charge in [-0.2, -0.15) is 0 Å². The molecule has 0 aromatic carbocycles. The molecule has 3 heteroatoms. The minimum Gasteiger partial charge on any atom is -0.396 e. The Morgan fingerprint density at radius 2 is 1.94 bits per heavy atom. The summed E-state index contributed by atoms with van der Waals surface area (Å²) in [4.78, 5) is 6.62. The smallest absolute Gasteiger partial charge is 0.0431 e. The van der Waals surface area contributed by atoms with Crippen LogP contribution >= 0.6 is 0 Å². The highest BCUT2D eigenvalue weighted by Crippen LogP contribution is 2.27. The van der Waals surface area contributed by atoms with E-state index < -0.39 is 0 Å². The Morgan fingerprint density at radius 1 is 1.18 bits per heavy atom. The van der Waals surface area contributed by atoms with Gasteiger partial charge in [0, 0.05) is 31.6 Å². The van der Waals surface area contributed by atoms with Crippen molar-refractivity contribution in [2.45, 2.75) is 38.1 Å². The standard InChI is InChI=1S/C14H22N2O/c17-12-2-1-10-16(14-3-4-14)11-7-13-5-8-15-9-6-13/h5-6,8-9,14,17H,1-4,7,10-12H2. The lowest BCUT2D eigenvalue weighted by Crippen LogP contribution is -2.29. The predicted octanol–water partition coefficient (Wildman–Crippen LogP) is 1.86. The van der Waals surface area contributed by atoms with Gasteiger partial charge >= 0.3 is 0 Å². The molecule has 2 rings (SSSR count). The van der Waals surface area contributed by atoms with E-state index in [1.807, 2.05) is 12.4 Å². The Morgan fingerprint density at radius 3 is 2.59 bits per heavy atom. The van der Waals surface area contributed by atoms with Gasteiger partial charge in [-0.3, -0.25) is 4.98 Å². The lowest BCUT2D eigenvalue weighted by molar-refractivity contribution is 0.236. The van der Waals surface area contributed by atoms with Crippen LogP contribution in [0.3, 0.4) is 0 Å². The molecule has 0 spiro atoms. The molecule has 1 fully saturated rings. The van der Waals surface area contributed by atoms with Crippen LogP contribution in [0.1, 0.15) is 31.2 Å². The van der Waals surface area contributed by atoms with E-state index in [9.17, 15) is 0 Å². The molecule has 1 heterocycles. The minimum absolute atomic E-state index is 0.322. The molecule has 1 saturated carbocycles. The maximum absolute atomic E-state index is 8.82. The van der Waals surface area contributed by atoms with E-state index in [0.29, 0.717) is 6.61 Å². The molecular weight excluding hydrogens is 212 g/mol. The summed E-state index contributed by atoms with van der Waals surface area (Å²) in [6, 6.07) is 5.01. The molecule has 1 N–H and O–H groups in total. The first-order valence-corrected chi connectivity index (χ1v) is 6.64. The second kappa shape index (κ2) is 6.72.